The molecule has 35 heavy (non-hydrogen) atoms. The van der Waals surface area contributed by atoms with Gasteiger partial charge in [-0.25, -0.2) is 4.98 Å². The van der Waals surface area contributed by atoms with Gasteiger partial charge in [0.05, 0.1) is 23.4 Å². The van der Waals surface area contributed by atoms with Gasteiger partial charge in [-0.05, 0) is 93.8 Å². The van der Waals surface area contributed by atoms with Gasteiger partial charge in [0.15, 0.2) is 0 Å². The normalized spacial score (nSPS) is 13.4. The number of Topliss-reactive ketones (excluding diaryl/α,β-unsaturated/α-hetero) is 1. The molecule has 1 aromatic carbocycles. The smallest absolute Gasteiger partial charge is 0.254 e. The van der Waals surface area contributed by atoms with Crippen molar-refractivity contribution >= 4 is 16.7 Å². The second-order valence-corrected chi connectivity index (χ2v) is 11.7. The molecule has 3 aromatic rings. The van der Waals surface area contributed by atoms with Gasteiger partial charge in [0, 0.05) is 27.3 Å². The molecule has 4 heteroatoms. The van der Waals surface area contributed by atoms with Crippen molar-refractivity contribution in [2.24, 2.45) is 5.41 Å². The fraction of sp³-hybridized carbons (Fsp3) is 0.516. The summed E-state index contributed by atoms with van der Waals surface area (Å²) in [4.78, 5) is 32.0. The van der Waals surface area contributed by atoms with Gasteiger partial charge in [0.2, 0.25) is 0 Å². The Hall–Kier alpha value is -2.75. The number of ketones is 1. The largest absolute Gasteiger partial charge is 0.302 e. The summed E-state index contributed by atoms with van der Waals surface area (Å²) >= 11 is 0. The first-order valence-electron chi connectivity index (χ1n) is 12.8. The van der Waals surface area contributed by atoms with Crippen LogP contribution in [-0.2, 0) is 23.2 Å². The van der Waals surface area contributed by atoms with Gasteiger partial charge < -0.3 is 4.57 Å². The van der Waals surface area contributed by atoms with Crippen LogP contribution in [0.15, 0.2) is 4.79 Å². The van der Waals surface area contributed by atoms with Crippen LogP contribution in [0.3, 0.4) is 0 Å². The van der Waals surface area contributed by atoms with Gasteiger partial charge in [-0.15, -0.1) is 0 Å². The van der Waals surface area contributed by atoms with Gasteiger partial charge in [0.25, 0.3) is 5.56 Å². The van der Waals surface area contributed by atoms with Gasteiger partial charge in [0.1, 0.15) is 5.78 Å². The molecule has 0 radical (unpaired) electrons. The molecule has 4 nitrogen and oxygen atoms in total. The lowest BCUT2D eigenvalue weighted by atomic mass is 9.60. The lowest BCUT2D eigenvalue weighted by molar-refractivity contribution is -0.128. The molecule has 0 atom stereocenters. The lowest BCUT2D eigenvalue weighted by Gasteiger charge is -2.42. The zero-order valence-electron chi connectivity index (χ0n) is 23.6. The summed E-state index contributed by atoms with van der Waals surface area (Å²) in [7, 11) is 0. The van der Waals surface area contributed by atoms with Crippen molar-refractivity contribution < 1.29 is 4.79 Å². The van der Waals surface area contributed by atoms with E-state index in [0.717, 1.165) is 39.2 Å². The summed E-state index contributed by atoms with van der Waals surface area (Å²) < 4.78 is 1.93. The third kappa shape index (κ3) is 3.14. The molecule has 0 unspecified atom stereocenters. The Kier molecular flexibility index (Phi) is 5.70. The summed E-state index contributed by atoms with van der Waals surface area (Å²) in [6.45, 7) is 25.5. The number of rotatable bonds is 4. The summed E-state index contributed by atoms with van der Waals surface area (Å²) in [6.07, 6.45) is 0.633. The number of nitrogens with zero attached hydrogens (tertiary/aromatic N) is 2. The Morgan fingerprint density at radius 1 is 0.886 bits per heavy atom. The number of fused-ring (bicyclic) bond motifs is 4. The SMILES string of the molecule is CCc1c(C(C)(C)C(C)(C)C(C)=O)c(C)c2n(c1=O)Cc1c-2nc2c(C)c(C)c(C)c(C)c2c1C. The van der Waals surface area contributed by atoms with Gasteiger partial charge in [-0.2, -0.15) is 0 Å². The maximum Gasteiger partial charge on any atom is 0.254 e. The van der Waals surface area contributed by atoms with Crippen LogP contribution >= 0.6 is 0 Å². The van der Waals surface area contributed by atoms with Crippen molar-refractivity contribution in [2.75, 3.05) is 0 Å². The molecule has 186 valence electrons. The molecular weight excluding hydrogens is 432 g/mol. The van der Waals surface area contributed by atoms with E-state index in [1.165, 1.54) is 33.2 Å². The highest BCUT2D eigenvalue weighted by Gasteiger charge is 2.45. The van der Waals surface area contributed by atoms with E-state index in [9.17, 15) is 9.59 Å². The number of hydrogen-bond donors (Lipinski definition) is 0. The van der Waals surface area contributed by atoms with Crippen molar-refractivity contribution in [3.05, 3.63) is 60.4 Å². The lowest BCUT2D eigenvalue weighted by Crippen LogP contribution is -2.44. The highest BCUT2D eigenvalue weighted by atomic mass is 16.1. The molecular formula is C31H40N2O2. The van der Waals surface area contributed by atoms with Crippen LogP contribution in [-0.4, -0.2) is 15.3 Å². The van der Waals surface area contributed by atoms with E-state index in [2.05, 4.69) is 55.4 Å². The van der Waals surface area contributed by atoms with E-state index in [4.69, 9.17) is 4.98 Å². The zero-order valence-corrected chi connectivity index (χ0v) is 23.6. The van der Waals surface area contributed by atoms with E-state index in [0.29, 0.717) is 13.0 Å². The van der Waals surface area contributed by atoms with E-state index < -0.39 is 10.8 Å². The van der Waals surface area contributed by atoms with Crippen molar-refractivity contribution in [1.29, 1.82) is 0 Å². The molecule has 1 aliphatic rings. The molecule has 0 saturated carbocycles. The number of carbonyl (C=O) groups excluding carboxylic acids is 1. The number of aryl methyl sites for hydroxylation is 3. The van der Waals surface area contributed by atoms with Crippen LogP contribution in [0, 0.1) is 47.0 Å². The molecule has 0 aliphatic carbocycles. The predicted molar refractivity (Wildman–Crippen MR) is 146 cm³/mol. The topological polar surface area (TPSA) is 52.0 Å². The van der Waals surface area contributed by atoms with Crippen LogP contribution in [0.5, 0.6) is 0 Å². The molecule has 0 bridgehead atoms. The zero-order chi connectivity index (χ0) is 26.4. The predicted octanol–water partition coefficient (Wildman–Crippen LogP) is 6.73. The summed E-state index contributed by atoms with van der Waals surface area (Å²) in [5.74, 6) is 0.127. The first kappa shape index (κ1) is 25.3. The van der Waals surface area contributed by atoms with E-state index >= 15 is 0 Å². The van der Waals surface area contributed by atoms with Crippen molar-refractivity contribution in [1.82, 2.24) is 9.55 Å². The third-order valence-electron chi connectivity index (χ3n) is 9.76. The Bertz CT molecular complexity index is 1500. The first-order valence-corrected chi connectivity index (χ1v) is 12.8. The van der Waals surface area contributed by atoms with Gasteiger partial charge in [-0.1, -0.05) is 34.6 Å². The molecule has 3 heterocycles. The fourth-order valence-electron chi connectivity index (χ4n) is 6.25. The Morgan fingerprint density at radius 2 is 1.46 bits per heavy atom. The quantitative estimate of drug-likeness (QED) is 0.331. The number of pyridine rings is 2. The highest BCUT2D eigenvalue weighted by molar-refractivity contribution is 5.94. The number of hydrogen-bond acceptors (Lipinski definition) is 3. The summed E-state index contributed by atoms with van der Waals surface area (Å²) in [6, 6.07) is 0. The average Bonchev–Trinajstić information content (AvgIpc) is 3.18. The van der Waals surface area contributed by atoms with E-state index in [1.807, 2.05) is 25.3 Å². The van der Waals surface area contributed by atoms with Crippen molar-refractivity contribution in [2.45, 2.75) is 101 Å². The molecule has 0 amide bonds. The summed E-state index contributed by atoms with van der Waals surface area (Å²) in [5, 5.41) is 1.22. The van der Waals surface area contributed by atoms with Crippen LogP contribution in [0.2, 0.25) is 0 Å². The molecule has 4 rings (SSSR count). The van der Waals surface area contributed by atoms with Crippen molar-refractivity contribution in [3.8, 4) is 11.4 Å². The fourth-order valence-corrected chi connectivity index (χ4v) is 6.25. The molecule has 1 aliphatic heterocycles. The Balaban J connectivity index is 2.17. The average molecular weight is 473 g/mol. The second kappa shape index (κ2) is 7.88. The molecule has 0 N–H and O–H groups in total. The Labute approximate surface area is 209 Å². The summed E-state index contributed by atoms with van der Waals surface area (Å²) in [5.41, 5.74) is 12.1. The molecule has 0 fully saturated rings. The minimum absolute atomic E-state index is 0.0535. The van der Waals surface area contributed by atoms with E-state index in [1.54, 1.807) is 6.92 Å². The third-order valence-corrected chi connectivity index (χ3v) is 9.76. The van der Waals surface area contributed by atoms with Crippen LogP contribution in [0.1, 0.15) is 91.6 Å². The monoisotopic (exact) mass is 472 g/mol. The first-order chi connectivity index (χ1) is 16.1. The Morgan fingerprint density at radius 3 is 2.00 bits per heavy atom. The second-order valence-electron chi connectivity index (χ2n) is 11.7. The van der Waals surface area contributed by atoms with Crippen LogP contribution in [0.4, 0.5) is 0 Å². The van der Waals surface area contributed by atoms with E-state index in [-0.39, 0.29) is 11.3 Å². The maximum atomic E-state index is 14.0. The standard InChI is InChI=1S/C31H40N2O2/c1-13-22-25(31(11,12)30(9,10)21(8)34)20(7)28-27-23(14-33(28)29(22)35)19(6)24-17(4)15(2)16(3)18(5)26(24)32-27/h13-14H2,1-12H3. The minimum Gasteiger partial charge on any atom is -0.302 e. The number of aromatic nitrogens is 2. The molecule has 0 spiro atoms. The minimum atomic E-state index is -0.622. The van der Waals surface area contributed by atoms with Crippen molar-refractivity contribution in [3.63, 3.8) is 0 Å². The van der Waals surface area contributed by atoms with Crippen LogP contribution < -0.4 is 5.56 Å². The van der Waals surface area contributed by atoms with Gasteiger partial charge >= 0.3 is 0 Å². The maximum absolute atomic E-state index is 14.0. The number of benzene rings is 1. The van der Waals surface area contributed by atoms with Crippen LogP contribution in [0.25, 0.3) is 22.3 Å². The molecule has 0 saturated heterocycles. The molecule has 2 aromatic heterocycles. The number of carbonyl (C=O) groups is 1. The highest BCUT2D eigenvalue weighted by Crippen LogP contribution is 2.48. The van der Waals surface area contributed by atoms with Gasteiger partial charge in [-0.3, -0.25) is 9.59 Å².